The molecule has 0 bridgehead atoms. The van der Waals surface area contributed by atoms with Crippen LogP contribution in [0, 0.1) is 0 Å². The van der Waals surface area contributed by atoms with Gasteiger partial charge in [-0.1, -0.05) is 19.1 Å². The summed E-state index contributed by atoms with van der Waals surface area (Å²) in [6, 6.07) is 10.4. The molecule has 3 heterocycles. The van der Waals surface area contributed by atoms with Gasteiger partial charge < -0.3 is 9.47 Å². The highest BCUT2D eigenvalue weighted by molar-refractivity contribution is 5.92. The van der Waals surface area contributed by atoms with Gasteiger partial charge in [0.2, 0.25) is 0 Å². The molecule has 0 spiro atoms. The molecule has 6 heteroatoms. The van der Waals surface area contributed by atoms with E-state index in [1.165, 1.54) is 5.52 Å². The molecule has 0 aliphatic carbocycles. The predicted molar refractivity (Wildman–Crippen MR) is 91.9 cm³/mol. The quantitative estimate of drug-likeness (QED) is 0.806. The Morgan fingerprint density at radius 1 is 1.25 bits per heavy atom. The topological polar surface area (TPSA) is 66.8 Å². The van der Waals surface area contributed by atoms with Crippen molar-refractivity contribution in [2.75, 3.05) is 13.1 Å². The molecule has 2 aromatic heterocycles. The minimum atomic E-state index is 0.0390. The normalized spacial score (nSPS) is 16.0. The molecular weight excluding hydrogens is 302 g/mol. The van der Waals surface area contributed by atoms with E-state index in [-0.39, 0.29) is 5.91 Å². The molecule has 1 aromatic carbocycles. The number of carbonyl (C=O) groups excluding carboxylic acids is 1. The second-order valence-electron chi connectivity index (χ2n) is 6.23. The summed E-state index contributed by atoms with van der Waals surface area (Å²) in [7, 11) is 0. The third kappa shape index (κ3) is 2.48. The number of aromatic amines is 1. The van der Waals surface area contributed by atoms with Gasteiger partial charge in [0.15, 0.2) is 0 Å². The van der Waals surface area contributed by atoms with Gasteiger partial charge >= 0.3 is 0 Å². The highest BCUT2D eigenvalue weighted by Crippen LogP contribution is 2.29. The van der Waals surface area contributed by atoms with Crippen LogP contribution in [-0.2, 0) is 6.42 Å². The number of nitrogens with zero attached hydrogens (tertiary/aromatic N) is 4. The number of nitrogens with one attached hydrogen (secondary N) is 1. The Balaban J connectivity index is 1.55. The highest BCUT2D eigenvalue weighted by Gasteiger charge is 2.27. The number of likely N-dealkylation sites (tertiary alicyclic amines) is 1. The number of fused-ring (bicyclic) bond motifs is 1. The third-order valence-corrected chi connectivity index (χ3v) is 4.83. The fourth-order valence-electron chi connectivity index (χ4n) is 3.62. The first-order valence-electron chi connectivity index (χ1n) is 8.52. The van der Waals surface area contributed by atoms with Crippen molar-refractivity contribution in [1.29, 1.82) is 0 Å². The van der Waals surface area contributed by atoms with Crippen LogP contribution in [0.15, 0.2) is 36.5 Å². The molecule has 1 saturated heterocycles. The highest BCUT2D eigenvalue weighted by atomic mass is 16.2. The van der Waals surface area contributed by atoms with Gasteiger partial charge in [-0.15, -0.1) is 0 Å². The lowest BCUT2D eigenvalue weighted by Crippen LogP contribution is -2.39. The first kappa shape index (κ1) is 14.9. The molecule has 0 atom stereocenters. The lowest BCUT2D eigenvalue weighted by atomic mass is 10.0. The first-order valence-corrected chi connectivity index (χ1v) is 8.52. The Morgan fingerprint density at radius 3 is 2.75 bits per heavy atom. The van der Waals surface area contributed by atoms with E-state index in [1.54, 1.807) is 12.3 Å². The zero-order chi connectivity index (χ0) is 16.5. The maximum atomic E-state index is 12.4. The number of benzene rings is 1. The predicted octanol–water partition coefficient (Wildman–Crippen LogP) is 2.80. The van der Waals surface area contributed by atoms with Crippen LogP contribution in [0.2, 0.25) is 0 Å². The van der Waals surface area contributed by atoms with E-state index in [2.05, 4.69) is 39.9 Å². The zero-order valence-electron chi connectivity index (χ0n) is 13.8. The van der Waals surface area contributed by atoms with Gasteiger partial charge in [-0.3, -0.25) is 9.89 Å². The minimum Gasteiger partial charge on any atom is -0.337 e. The standard InChI is InChI=1S/C18H21N5O/c1-2-17-20-14-5-3-4-6-16(14)23(17)13-8-11-22(12-9-13)18(24)15-7-10-19-21-15/h3-7,10,13H,2,8-9,11-12H2,1H3,(H,19,21). The number of para-hydroxylation sites is 2. The average Bonchev–Trinajstić information content (AvgIpc) is 3.28. The van der Waals surface area contributed by atoms with Gasteiger partial charge in [-0.05, 0) is 31.0 Å². The SMILES string of the molecule is CCc1nc2ccccc2n1C1CCN(C(=O)c2ccn[nH]2)CC1. The van der Waals surface area contributed by atoms with Crippen LogP contribution in [0.5, 0.6) is 0 Å². The first-order chi connectivity index (χ1) is 11.8. The Kier molecular flexibility index (Phi) is 3.80. The average molecular weight is 323 g/mol. The fourth-order valence-corrected chi connectivity index (χ4v) is 3.62. The van der Waals surface area contributed by atoms with Crippen molar-refractivity contribution in [2.24, 2.45) is 0 Å². The number of rotatable bonds is 3. The van der Waals surface area contributed by atoms with Crippen LogP contribution in [0.25, 0.3) is 11.0 Å². The van der Waals surface area contributed by atoms with Crippen LogP contribution in [0.1, 0.15) is 42.1 Å². The Labute approximate surface area is 140 Å². The van der Waals surface area contributed by atoms with Crippen molar-refractivity contribution < 1.29 is 4.79 Å². The molecule has 1 N–H and O–H groups in total. The van der Waals surface area contributed by atoms with Crippen LogP contribution < -0.4 is 0 Å². The van der Waals surface area contributed by atoms with Gasteiger partial charge in [-0.25, -0.2) is 4.98 Å². The second kappa shape index (κ2) is 6.11. The van der Waals surface area contributed by atoms with E-state index < -0.39 is 0 Å². The summed E-state index contributed by atoms with van der Waals surface area (Å²) in [6.07, 6.45) is 4.44. The molecule has 0 saturated carbocycles. The van der Waals surface area contributed by atoms with E-state index in [0.717, 1.165) is 43.7 Å². The van der Waals surface area contributed by atoms with Gasteiger partial charge in [0.25, 0.3) is 5.91 Å². The summed E-state index contributed by atoms with van der Waals surface area (Å²) in [5.74, 6) is 1.17. The van der Waals surface area contributed by atoms with E-state index in [0.29, 0.717) is 11.7 Å². The summed E-state index contributed by atoms with van der Waals surface area (Å²) in [6.45, 7) is 3.67. The van der Waals surface area contributed by atoms with E-state index in [9.17, 15) is 4.79 Å². The molecule has 0 unspecified atom stereocenters. The Bertz CT molecular complexity index is 844. The van der Waals surface area contributed by atoms with Gasteiger partial charge in [-0.2, -0.15) is 5.10 Å². The molecule has 1 aliphatic heterocycles. The van der Waals surface area contributed by atoms with E-state index in [4.69, 9.17) is 4.98 Å². The maximum absolute atomic E-state index is 12.4. The lowest BCUT2D eigenvalue weighted by Gasteiger charge is -2.33. The molecule has 3 aromatic rings. The Hall–Kier alpha value is -2.63. The summed E-state index contributed by atoms with van der Waals surface area (Å²) in [5.41, 5.74) is 2.83. The fraction of sp³-hybridized carbons (Fsp3) is 0.389. The zero-order valence-corrected chi connectivity index (χ0v) is 13.8. The van der Waals surface area contributed by atoms with Crippen molar-refractivity contribution >= 4 is 16.9 Å². The molecule has 1 aliphatic rings. The maximum Gasteiger partial charge on any atom is 0.271 e. The molecule has 1 amide bonds. The largest absolute Gasteiger partial charge is 0.337 e. The van der Waals surface area contributed by atoms with Gasteiger partial charge in [0.1, 0.15) is 11.5 Å². The summed E-state index contributed by atoms with van der Waals surface area (Å²) in [5, 5.41) is 6.62. The summed E-state index contributed by atoms with van der Waals surface area (Å²) >= 11 is 0. The number of imidazole rings is 1. The minimum absolute atomic E-state index is 0.0390. The van der Waals surface area contributed by atoms with Gasteiger partial charge in [0.05, 0.1) is 11.0 Å². The Morgan fingerprint density at radius 2 is 2.04 bits per heavy atom. The van der Waals surface area contributed by atoms with E-state index in [1.807, 2.05) is 11.0 Å². The smallest absolute Gasteiger partial charge is 0.271 e. The van der Waals surface area contributed by atoms with Crippen molar-refractivity contribution in [3.63, 3.8) is 0 Å². The van der Waals surface area contributed by atoms with Crippen molar-refractivity contribution in [1.82, 2.24) is 24.6 Å². The van der Waals surface area contributed by atoms with Crippen LogP contribution in [0.4, 0.5) is 0 Å². The molecule has 6 nitrogen and oxygen atoms in total. The van der Waals surface area contributed by atoms with Crippen molar-refractivity contribution in [2.45, 2.75) is 32.2 Å². The number of H-pyrrole nitrogens is 1. The molecule has 4 rings (SSSR count). The van der Waals surface area contributed by atoms with Crippen LogP contribution >= 0.6 is 0 Å². The molecule has 124 valence electrons. The van der Waals surface area contributed by atoms with Crippen molar-refractivity contribution in [3.8, 4) is 0 Å². The number of aromatic nitrogens is 4. The molecule has 24 heavy (non-hydrogen) atoms. The number of hydrogen-bond acceptors (Lipinski definition) is 3. The van der Waals surface area contributed by atoms with Crippen LogP contribution in [-0.4, -0.2) is 43.6 Å². The third-order valence-electron chi connectivity index (χ3n) is 4.83. The second-order valence-corrected chi connectivity index (χ2v) is 6.23. The van der Waals surface area contributed by atoms with E-state index >= 15 is 0 Å². The molecular formula is C18H21N5O. The summed E-state index contributed by atoms with van der Waals surface area (Å²) < 4.78 is 2.38. The lowest BCUT2D eigenvalue weighted by molar-refractivity contribution is 0.0689. The number of aryl methyl sites for hydroxylation is 1. The number of amides is 1. The summed E-state index contributed by atoms with van der Waals surface area (Å²) in [4.78, 5) is 19.1. The number of carbonyl (C=O) groups is 1. The molecule has 0 radical (unpaired) electrons. The van der Waals surface area contributed by atoms with Gasteiger partial charge in [0, 0.05) is 31.7 Å². The van der Waals surface area contributed by atoms with Crippen molar-refractivity contribution in [3.05, 3.63) is 48.0 Å². The van der Waals surface area contributed by atoms with Crippen LogP contribution in [0.3, 0.4) is 0 Å². The molecule has 1 fully saturated rings. The number of piperidine rings is 1. The monoisotopic (exact) mass is 323 g/mol. The number of hydrogen-bond donors (Lipinski definition) is 1.